The van der Waals surface area contributed by atoms with Gasteiger partial charge in [0.05, 0.1) is 38.2 Å². The molecule has 0 unspecified atom stereocenters. The van der Waals surface area contributed by atoms with E-state index in [1.807, 2.05) is 42.5 Å². The van der Waals surface area contributed by atoms with Gasteiger partial charge in [-0.2, -0.15) is 0 Å². The highest BCUT2D eigenvalue weighted by atomic mass is 16.5. The smallest absolute Gasteiger partial charge is 0.263 e. The van der Waals surface area contributed by atoms with Crippen molar-refractivity contribution >= 4 is 23.0 Å². The minimum atomic E-state index is -0.299. The second-order valence-corrected chi connectivity index (χ2v) is 7.02. The van der Waals surface area contributed by atoms with Crippen molar-refractivity contribution < 1.29 is 14.3 Å². The molecule has 3 aromatic rings. The Labute approximate surface area is 181 Å². The third-order valence-corrected chi connectivity index (χ3v) is 5.00. The van der Waals surface area contributed by atoms with Crippen molar-refractivity contribution in [3.63, 3.8) is 0 Å². The number of carbonyl (C=O) groups is 1. The van der Waals surface area contributed by atoms with Crippen molar-refractivity contribution in [2.45, 2.75) is 6.54 Å². The summed E-state index contributed by atoms with van der Waals surface area (Å²) in [7, 11) is 1.50. The second kappa shape index (κ2) is 9.90. The predicted octanol–water partition coefficient (Wildman–Crippen LogP) is 3.19. The predicted molar refractivity (Wildman–Crippen MR) is 120 cm³/mol. The molecule has 1 aliphatic rings. The Morgan fingerprint density at radius 1 is 1.10 bits per heavy atom. The molecular weight excluding hydrogens is 394 g/mol. The van der Waals surface area contributed by atoms with Crippen molar-refractivity contribution in [1.29, 1.82) is 0 Å². The van der Waals surface area contributed by atoms with E-state index in [0.717, 1.165) is 24.5 Å². The number of nitrogens with one attached hydrogen (secondary N) is 2. The van der Waals surface area contributed by atoms with Crippen LogP contribution in [0.25, 0.3) is 0 Å². The van der Waals surface area contributed by atoms with Gasteiger partial charge >= 0.3 is 0 Å². The van der Waals surface area contributed by atoms with Gasteiger partial charge in [0.2, 0.25) is 5.88 Å². The molecule has 0 saturated carbocycles. The molecule has 8 heteroatoms. The zero-order valence-electron chi connectivity index (χ0n) is 17.4. The van der Waals surface area contributed by atoms with Gasteiger partial charge in [-0.3, -0.25) is 9.78 Å². The molecule has 3 heterocycles. The maximum atomic E-state index is 13.2. The number of methoxy groups -OCH3 is 1. The van der Waals surface area contributed by atoms with Crippen LogP contribution in [0.3, 0.4) is 0 Å². The number of hydrogen-bond donors (Lipinski definition) is 2. The Morgan fingerprint density at radius 3 is 2.74 bits per heavy atom. The van der Waals surface area contributed by atoms with Gasteiger partial charge in [0, 0.05) is 36.9 Å². The standard InChI is InChI=1S/C23H25N5O3/c1-30-23-21(20(8-10-25-23)26-16-18-5-2-3-9-24-18)22(29)27-17-6-4-7-19(15-17)28-11-13-31-14-12-28/h2-10,15H,11-14,16H2,1H3,(H,25,26)(H,27,29). The van der Waals surface area contributed by atoms with E-state index in [4.69, 9.17) is 9.47 Å². The molecule has 0 atom stereocenters. The van der Waals surface area contributed by atoms with Crippen LogP contribution in [0.2, 0.25) is 0 Å². The summed E-state index contributed by atoms with van der Waals surface area (Å²) >= 11 is 0. The van der Waals surface area contributed by atoms with Crippen LogP contribution in [0.1, 0.15) is 16.1 Å². The molecule has 2 aromatic heterocycles. The molecule has 160 valence electrons. The number of carbonyl (C=O) groups excluding carboxylic acids is 1. The van der Waals surface area contributed by atoms with Crippen LogP contribution in [-0.4, -0.2) is 49.3 Å². The number of rotatable bonds is 7. The number of nitrogens with zero attached hydrogens (tertiary/aromatic N) is 3. The average molecular weight is 419 g/mol. The first kappa shape index (κ1) is 20.6. The molecule has 1 saturated heterocycles. The number of aromatic nitrogens is 2. The summed E-state index contributed by atoms with van der Waals surface area (Å²) in [5, 5.41) is 6.25. The highest BCUT2D eigenvalue weighted by Crippen LogP contribution is 2.27. The molecule has 2 N–H and O–H groups in total. The van der Waals surface area contributed by atoms with E-state index in [9.17, 15) is 4.79 Å². The number of benzene rings is 1. The molecule has 1 fully saturated rings. The van der Waals surface area contributed by atoms with Gasteiger partial charge in [0.25, 0.3) is 5.91 Å². The lowest BCUT2D eigenvalue weighted by Gasteiger charge is -2.29. The van der Waals surface area contributed by atoms with E-state index < -0.39 is 0 Å². The lowest BCUT2D eigenvalue weighted by Crippen LogP contribution is -2.36. The van der Waals surface area contributed by atoms with Crippen molar-refractivity contribution in [3.05, 3.63) is 72.2 Å². The summed E-state index contributed by atoms with van der Waals surface area (Å²) in [5.74, 6) is -0.0412. The molecule has 4 rings (SSSR count). The summed E-state index contributed by atoms with van der Waals surface area (Å²) in [5.41, 5.74) is 3.59. The number of morpholine rings is 1. The molecule has 1 amide bonds. The monoisotopic (exact) mass is 419 g/mol. The maximum absolute atomic E-state index is 13.2. The van der Waals surface area contributed by atoms with Crippen LogP contribution in [0.15, 0.2) is 60.9 Å². The lowest BCUT2D eigenvalue weighted by atomic mass is 10.1. The van der Waals surface area contributed by atoms with Crippen LogP contribution < -0.4 is 20.3 Å². The van der Waals surface area contributed by atoms with Gasteiger partial charge in [-0.1, -0.05) is 12.1 Å². The molecule has 0 radical (unpaired) electrons. The van der Waals surface area contributed by atoms with E-state index in [2.05, 4.69) is 25.5 Å². The van der Waals surface area contributed by atoms with Crippen LogP contribution in [0.5, 0.6) is 5.88 Å². The van der Waals surface area contributed by atoms with E-state index >= 15 is 0 Å². The fourth-order valence-electron chi connectivity index (χ4n) is 3.45. The maximum Gasteiger partial charge on any atom is 0.263 e. The third kappa shape index (κ3) is 5.10. The minimum Gasteiger partial charge on any atom is -0.480 e. The Balaban J connectivity index is 1.53. The fraction of sp³-hybridized carbons (Fsp3) is 0.261. The fourth-order valence-corrected chi connectivity index (χ4v) is 3.45. The summed E-state index contributed by atoms with van der Waals surface area (Å²) in [6, 6.07) is 15.3. The van der Waals surface area contributed by atoms with E-state index in [1.54, 1.807) is 18.5 Å². The summed E-state index contributed by atoms with van der Waals surface area (Å²) < 4.78 is 10.8. The Hall–Kier alpha value is -3.65. The molecule has 0 spiro atoms. The van der Waals surface area contributed by atoms with Gasteiger partial charge in [-0.05, 0) is 36.4 Å². The summed E-state index contributed by atoms with van der Waals surface area (Å²) in [6.07, 6.45) is 3.34. The van der Waals surface area contributed by atoms with Gasteiger partial charge in [-0.15, -0.1) is 0 Å². The zero-order chi connectivity index (χ0) is 21.5. The molecular formula is C23H25N5O3. The number of ether oxygens (including phenoxy) is 2. The molecule has 0 bridgehead atoms. The van der Waals surface area contributed by atoms with Gasteiger partial charge in [0.1, 0.15) is 5.56 Å². The van der Waals surface area contributed by atoms with E-state index in [-0.39, 0.29) is 11.8 Å². The Kier molecular flexibility index (Phi) is 6.59. The normalized spacial score (nSPS) is 13.5. The molecule has 8 nitrogen and oxygen atoms in total. The zero-order valence-corrected chi connectivity index (χ0v) is 17.4. The molecule has 31 heavy (non-hydrogen) atoms. The van der Waals surface area contributed by atoms with Gasteiger partial charge in [-0.25, -0.2) is 4.98 Å². The highest BCUT2D eigenvalue weighted by Gasteiger charge is 2.20. The van der Waals surface area contributed by atoms with Gasteiger partial charge in [0.15, 0.2) is 0 Å². The van der Waals surface area contributed by atoms with Crippen LogP contribution in [-0.2, 0) is 11.3 Å². The van der Waals surface area contributed by atoms with Crippen molar-refractivity contribution in [3.8, 4) is 5.88 Å². The second-order valence-electron chi connectivity index (χ2n) is 7.02. The number of hydrogen-bond acceptors (Lipinski definition) is 7. The van der Waals surface area contributed by atoms with Crippen molar-refractivity contribution in [1.82, 2.24) is 9.97 Å². The Morgan fingerprint density at radius 2 is 1.97 bits per heavy atom. The summed E-state index contributed by atoms with van der Waals surface area (Å²) in [4.78, 5) is 23.9. The number of anilines is 3. The third-order valence-electron chi connectivity index (χ3n) is 5.00. The Bertz CT molecular complexity index is 1020. The number of amides is 1. The molecule has 1 aromatic carbocycles. The number of pyridine rings is 2. The lowest BCUT2D eigenvalue weighted by molar-refractivity contribution is 0.102. The largest absolute Gasteiger partial charge is 0.480 e. The van der Waals surface area contributed by atoms with E-state index in [1.165, 1.54) is 7.11 Å². The SMILES string of the molecule is COc1nccc(NCc2ccccn2)c1C(=O)Nc1cccc(N2CCOCC2)c1. The molecule has 1 aliphatic heterocycles. The first-order valence-electron chi connectivity index (χ1n) is 10.2. The topological polar surface area (TPSA) is 88.6 Å². The highest BCUT2D eigenvalue weighted by molar-refractivity contribution is 6.09. The first-order valence-corrected chi connectivity index (χ1v) is 10.2. The van der Waals surface area contributed by atoms with Crippen LogP contribution in [0, 0.1) is 0 Å². The van der Waals surface area contributed by atoms with Gasteiger partial charge < -0.3 is 25.0 Å². The van der Waals surface area contributed by atoms with Crippen LogP contribution >= 0.6 is 0 Å². The van der Waals surface area contributed by atoms with Crippen molar-refractivity contribution in [2.75, 3.05) is 48.9 Å². The van der Waals surface area contributed by atoms with Crippen LogP contribution in [0.4, 0.5) is 17.1 Å². The van der Waals surface area contributed by atoms with Crippen molar-refractivity contribution in [2.24, 2.45) is 0 Å². The molecule has 0 aliphatic carbocycles. The van der Waals surface area contributed by atoms with E-state index in [0.29, 0.717) is 36.7 Å². The minimum absolute atomic E-state index is 0.257. The summed E-state index contributed by atoms with van der Waals surface area (Å²) in [6.45, 7) is 3.54. The first-order chi connectivity index (χ1) is 15.2. The quantitative estimate of drug-likeness (QED) is 0.608. The average Bonchev–Trinajstić information content (AvgIpc) is 2.83.